The number of carboxylic acid groups (broad SMARTS) is 1. The molecule has 120 valence electrons. The van der Waals surface area contributed by atoms with Crippen LogP contribution in [0.3, 0.4) is 0 Å². The second-order valence-corrected chi connectivity index (χ2v) is 5.22. The smallest absolute Gasteiger partial charge is 0.339 e. The van der Waals surface area contributed by atoms with Crippen LogP contribution in [0.25, 0.3) is 0 Å². The fourth-order valence-electron chi connectivity index (χ4n) is 2.26. The zero-order valence-electron chi connectivity index (χ0n) is 12.8. The first-order valence-electron chi connectivity index (χ1n) is 7.45. The van der Waals surface area contributed by atoms with Crippen molar-refractivity contribution in [1.29, 1.82) is 0 Å². The van der Waals surface area contributed by atoms with Crippen molar-refractivity contribution in [3.63, 3.8) is 0 Å². The summed E-state index contributed by atoms with van der Waals surface area (Å²) in [4.78, 5) is 23.3. The second-order valence-electron chi connectivity index (χ2n) is 5.22. The predicted molar refractivity (Wildman–Crippen MR) is 86.4 cm³/mol. The van der Waals surface area contributed by atoms with Gasteiger partial charge in [0.2, 0.25) is 0 Å². The molecule has 0 fully saturated rings. The number of amides is 1. The quantitative estimate of drug-likeness (QED) is 0.842. The number of carbonyl (C=O) groups excluding carboxylic acids is 1. The van der Waals surface area contributed by atoms with Crippen molar-refractivity contribution in [2.75, 3.05) is 5.32 Å². The molecule has 2 aromatic rings. The summed E-state index contributed by atoms with van der Waals surface area (Å²) < 4.78 is 13.6. The van der Waals surface area contributed by atoms with Crippen molar-refractivity contribution >= 4 is 17.6 Å². The zero-order valence-corrected chi connectivity index (χ0v) is 12.8. The highest BCUT2D eigenvalue weighted by molar-refractivity contribution is 6.10. The molecule has 0 aromatic heterocycles. The largest absolute Gasteiger partial charge is 0.478 e. The first-order chi connectivity index (χ1) is 11.0. The van der Waals surface area contributed by atoms with Crippen LogP contribution in [0.5, 0.6) is 0 Å². The van der Waals surface area contributed by atoms with Crippen molar-refractivity contribution in [2.24, 2.45) is 0 Å². The molecule has 0 saturated carbocycles. The summed E-state index contributed by atoms with van der Waals surface area (Å²) in [5.74, 6) is -3.05. The lowest BCUT2D eigenvalue weighted by Gasteiger charge is -2.09. The van der Waals surface area contributed by atoms with Gasteiger partial charge in [-0.1, -0.05) is 31.5 Å². The van der Waals surface area contributed by atoms with E-state index in [1.165, 1.54) is 17.7 Å². The first kappa shape index (κ1) is 16.7. The Morgan fingerprint density at radius 2 is 1.83 bits per heavy atom. The van der Waals surface area contributed by atoms with Crippen LogP contribution in [0.4, 0.5) is 10.1 Å². The molecular formula is C18H18FNO3. The number of aryl methyl sites for hydroxylation is 1. The topological polar surface area (TPSA) is 66.4 Å². The number of aromatic carboxylic acids is 1. The molecule has 1 amide bonds. The number of carbonyl (C=O) groups is 2. The molecule has 2 rings (SSSR count). The molecule has 0 radical (unpaired) electrons. The number of rotatable bonds is 6. The third kappa shape index (κ3) is 4.16. The molecule has 4 nitrogen and oxygen atoms in total. The van der Waals surface area contributed by atoms with E-state index in [-0.39, 0.29) is 5.56 Å². The Bertz CT molecular complexity index is 711. The number of unbranched alkanes of at least 4 members (excludes halogenated alkanes) is 1. The summed E-state index contributed by atoms with van der Waals surface area (Å²) in [7, 11) is 0. The van der Waals surface area contributed by atoms with Gasteiger partial charge in [-0.25, -0.2) is 9.18 Å². The van der Waals surface area contributed by atoms with Gasteiger partial charge in [0.1, 0.15) is 11.4 Å². The number of halogens is 1. The highest BCUT2D eigenvalue weighted by Crippen LogP contribution is 2.17. The average Bonchev–Trinajstić information content (AvgIpc) is 2.53. The van der Waals surface area contributed by atoms with Crippen molar-refractivity contribution in [2.45, 2.75) is 26.2 Å². The highest BCUT2D eigenvalue weighted by Gasteiger charge is 2.20. The van der Waals surface area contributed by atoms with Crippen molar-refractivity contribution in [3.05, 3.63) is 65.0 Å². The van der Waals surface area contributed by atoms with E-state index in [9.17, 15) is 14.0 Å². The van der Waals surface area contributed by atoms with Crippen LogP contribution < -0.4 is 5.32 Å². The molecule has 0 heterocycles. The van der Waals surface area contributed by atoms with E-state index in [0.29, 0.717) is 5.69 Å². The number of carboxylic acids is 1. The van der Waals surface area contributed by atoms with Gasteiger partial charge >= 0.3 is 5.97 Å². The molecule has 0 aliphatic carbocycles. The van der Waals surface area contributed by atoms with Gasteiger partial charge in [0.25, 0.3) is 5.91 Å². The van der Waals surface area contributed by atoms with Gasteiger partial charge in [0, 0.05) is 5.69 Å². The number of hydrogen-bond donors (Lipinski definition) is 2. The van der Waals surface area contributed by atoms with E-state index in [0.717, 1.165) is 25.3 Å². The molecule has 5 heteroatoms. The molecule has 0 saturated heterocycles. The Morgan fingerprint density at radius 3 is 2.43 bits per heavy atom. The zero-order chi connectivity index (χ0) is 16.8. The lowest BCUT2D eigenvalue weighted by molar-refractivity contribution is 0.0687. The molecule has 0 aliphatic heterocycles. The Labute approximate surface area is 134 Å². The van der Waals surface area contributed by atoms with Crippen molar-refractivity contribution in [1.82, 2.24) is 0 Å². The maximum absolute atomic E-state index is 13.6. The molecule has 0 spiro atoms. The van der Waals surface area contributed by atoms with Gasteiger partial charge in [0.15, 0.2) is 0 Å². The van der Waals surface area contributed by atoms with Crippen molar-refractivity contribution < 1.29 is 19.1 Å². The molecule has 0 bridgehead atoms. The molecule has 0 aliphatic rings. The fraction of sp³-hybridized carbons (Fsp3) is 0.222. The number of anilines is 1. The molecule has 23 heavy (non-hydrogen) atoms. The third-order valence-electron chi connectivity index (χ3n) is 3.50. The van der Waals surface area contributed by atoms with Crippen LogP contribution in [0.1, 0.15) is 46.0 Å². The monoisotopic (exact) mass is 315 g/mol. The average molecular weight is 315 g/mol. The summed E-state index contributed by atoms with van der Waals surface area (Å²) in [6.07, 6.45) is 3.17. The van der Waals surface area contributed by atoms with Crippen LogP contribution in [-0.4, -0.2) is 17.0 Å². The minimum atomic E-state index is -1.47. The summed E-state index contributed by atoms with van der Waals surface area (Å²) in [5, 5.41) is 11.7. The summed E-state index contributed by atoms with van der Waals surface area (Å²) in [6.45, 7) is 2.12. The molecular weight excluding hydrogens is 297 g/mol. The fourth-order valence-corrected chi connectivity index (χ4v) is 2.26. The van der Waals surface area contributed by atoms with E-state index in [4.69, 9.17) is 5.11 Å². The Hall–Kier alpha value is -2.69. The van der Waals surface area contributed by atoms with Crippen LogP contribution in [0.2, 0.25) is 0 Å². The summed E-state index contributed by atoms with van der Waals surface area (Å²) in [5.41, 5.74) is 0.884. The van der Waals surface area contributed by atoms with Gasteiger partial charge in [-0.15, -0.1) is 0 Å². The Balaban J connectivity index is 2.16. The van der Waals surface area contributed by atoms with E-state index in [2.05, 4.69) is 12.2 Å². The lowest BCUT2D eigenvalue weighted by atomic mass is 10.1. The SMILES string of the molecule is CCCCc1ccc(NC(=O)c2cccc(F)c2C(=O)O)cc1. The Morgan fingerprint density at radius 1 is 1.13 bits per heavy atom. The standard InChI is InChI=1S/C18H18FNO3/c1-2-3-5-12-8-10-13(11-9-12)20-17(21)14-6-4-7-15(19)16(14)18(22)23/h4,6-11H,2-3,5H2,1H3,(H,20,21)(H,22,23). The van der Waals surface area contributed by atoms with E-state index in [1.807, 2.05) is 12.1 Å². The minimum absolute atomic E-state index is 0.201. The van der Waals surface area contributed by atoms with Gasteiger partial charge in [-0.2, -0.15) is 0 Å². The third-order valence-corrected chi connectivity index (χ3v) is 3.50. The molecule has 0 unspecified atom stereocenters. The minimum Gasteiger partial charge on any atom is -0.478 e. The number of benzene rings is 2. The second kappa shape index (κ2) is 7.54. The predicted octanol–water partition coefficient (Wildman–Crippen LogP) is 4.12. The maximum Gasteiger partial charge on any atom is 0.339 e. The van der Waals surface area contributed by atoms with Gasteiger partial charge < -0.3 is 10.4 Å². The molecule has 0 atom stereocenters. The van der Waals surface area contributed by atoms with Gasteiger partial charge in [-0.3, -0.25) is 4.79 Å². The maximum atomic E-state index is 13.6. The number of nitrogens with one attached hydrogen (secondary N) is 1. The van der Waals surface area contributed by atoms with Crippen LogP contribution in [0, 0.1) is 5.82 Å². The normalized spacial score (nSPS) is 10.3. The molecule has 2 N–H and O–H groups in total. The highest BCUT2D eigenvalue weighted by atomic mass is 19.1. The van der Waals surface area contributed by atoms with E-state index >= 15 is 0 Å². The van der Waals surface area contributed by atoms with Crippen LogP contribution >= 0.6 is 0 Å². The van der Waals surface area contributed by atoms with Gasteiger partial charge in [-0.05, 0) is 42.7 Å². The van der Waals surface area contributed by atoms with Crippen LogP contribution in [-0.2, 0) is 6.42 Å². The first-order valence-corrected chi connectivity index (χ1v) is 7.45. The summed E-state index contributed by atoms with van der Waals surface area (Å²) in [6, 6.07) is 10.9. The van der Waals surface area contributed by atoms with Gasteiger partial charge in [0.05, 0.1) is 5.56 Å². The van der Waals surface area contributed by atoms with E-state index < -0.39 is 23.3 Å². The lowest BCUT2D eigenvalue weighted by Crippen LogP contribution is -2.17. The Kier molecular flexibility index (Phi) is 5.46. The van der Waals surface area contributed by atoms with E-state index in [1.54, 1.807) is 12.1 Å². The molecule has 2 aromatic carbocycles. The number of hydrogen-bond acceptors (Lipinski definition) is 2. The summed E-state index contributed by atoms with van der Waals surface area (Å²) >= 11 is 0. The van der Waals surface area contributed by atoms with Crippen LogP contribution in [0.15, 0.2) is 42.5 Å². The van der Waals surface area contributed by atoms with Crippen molar-refractivity contribution in [3.8, 4) is 0 Å².